The summed E-state index contributed by atoms with van der Waals surface area (Å²) in [5, 5.41) is 9.65. The number of rotatable bonds is 2. The first-order chi connectivity index (χ1) is 8.22. The molecule has 1 aromatic carbocycles. The highest BCUT2D eigenvalue weighted by Gasteiger charge is 2.53. The van der Waals surface area contributed by atoms with Gasteiger partial charge >= 0.3 is 5.97 Å². The summed E-state index contributed by atoms with van der Waals surface area (Å²) < 4.78 is 0. The molecule has 2 heteroatoms. The molecule has 0 saturated heterocycles. The second-order valence-electron chi connectivity index (χ2n) is 5.60. The molecule has 0 amide bonds. The Bertz CT molecular complexity index is 416. The Morgan fingerprint density at radius 1 is 1.18 bits per heavy atom. The molecule has 0 aromatic heterocycles. The molecule has 1 N–H and O–H groups in total. The molecule has 0 heterocycles. The topological polar surface area (TPSA) is 37.3 Å². The van der Waals surface area contributed by atoms with Crippen LogP contribution in [0.5, 0.6) is 0 Å². The molecule has 0 aliphatic heterocycles. The molecular weight excluding hydrogens is 212 g/mol. The van der Waals surface area contributed by atoms with Crippen LogP contribution in [-0.4, -0.2) is 11.1 Å². The molecular formula is C15H18O2. The third-order valence-electron chi connectivity index (χ3n) is 4.86. The van der Waals surface area contributed by atoms with Gasteiger partial charge in [0.25, 0.3) is 0 Å². The van der Waals surface area contributed by atoms with E-state index in [1.807, 2.05) is 18.2 Å². The van der Waals surface area contributed by atoms with Crippen LogP contribution in [0, 0.1) is 11.3 Å². The third-order valence-corrected chi connectivity index (χ3v) is 4.86. The summed E-state index contributed by atoms with van der Waals surface area (Å²) in [6.45, 7) is 0. The average Bonchev–Trinajstić information content (AvgIpc) is 2.41. The number of fused-ring (bicyclic) bond motifs is 3. The van der Waals surface area contributed by atoms with E-state index in [1.165, 1.54) is 5.56 Å². The number of carbonyl (C=O) groups is 1. The van der Waals surface area contributed by atoms with Crippen molar-refractivity contribution in [3.8, 4) is 0 Å². The molecule has 3 fully saturated rings. The van der Waals surface area contributed by atoms with E-state index in [-0.39, 0.29) is 5.92 Å². The summed E-state index contributed by atoms with van der Waals surface area (Å²) in [6.07, 6.45) is 5.01. The molecule has 3 aliphatic rings. The standard InChI is InChI=1S/C15H18O2/c16-14(17)15-8-6-11(7-9-15)10-13(15)12-4-2-1-3-5-12/h1-5,11,13H,6-10H2,(H,16,17). The highest BCUT2D eigenvalue weighted by atomic mass is 16.4. The maximum atomic E-state index is 11.7. The van der Waals surface area contributed by atoms with Crippen LogP contribution in [0.2, 0.25) is 0 Å². The Hall–Kier alpha value is -1.31. The quantitative estimate of drug-likeness (QED) is 0.845. The average molecular weight is 230 g/mol. The number of carboxylic acids is 1. The van der Waals surface area contributed by atoms with Gasteiger partial charge in [0.15, 0.2) is 0 Å². The van der Waals surface area contributed by atoms with Gasteiger partial charge in [0.2, 0.25) is 0 Å². The van der Waals surface area contributed by atoms with Gasteiger partial charge in [-0.05, 0) is 43.6 Å². The highest BCUT2D eigenvalue weighted by Crippen LogP contribution is 2.57. The number of hydrogen-bond donors (Lipinski definition) is 1. The zero-order chi connectivity index (χ0) is 11.9. The molecule has 1 atom stereocenters. The summed E-state index contributed by atoms with van der Waals surface area (Å²) in [5.74, 6) is 0.402. The molecule has 3 saturated carbocycles. The molecule has 4 rings (SSSR count). The van der Waals surface area contributed by atoms with Gasteiger partial charge in [-0.3, -0.25) is 4.79 Å². The van der Waals surface area contributed by atoms with Crippen molar-refractivity contribution < 1.29 is 9.90 Å². The molecule has 1 unspecified atom stereocenters. The minimum atomic E-state index is -0.579. The fraction of sp³-hybridized carbons (Fsp3) is 0.533. The lowest BCUT2D eigenvalue weighted by Gasteiger charge is -2.49. The fourth-order valence-electron chi connectivity index (χ4n) is 3.84. The van der Waals surface area contributed by atoms with Crippen molar-refractivity contribution in [2.75, 3.05) is 0 Å². The number of hydrogen-bond acceptors (Lipinski definition) is 1. The van der Waals surface area contributed by atoms with E-state index in [0.717, 1.165) is 38.0 Å². The summed E-state index contributed by atoms with van der Waals surface area (Å²) in [5.41, 5.74) is 0.745. The van der Waals surface area contributed by atoms with Crippen LogP contribution >= 0.6 is 0 Å². The second kappa shape index (κ2) is 3.86. The van der Waals surface area contributed by atoms with Crippen LogP contribution in [0.15, 0.2) is 30.3 Å². The molecule has 1 aromatic rings. The zero-order valence-corrected chi connectivity index (χ0v) is 9.93. The van der Waals surface area contributed by atoms with Gasteiger partial charge in [-0.25, -0.2) is 0 Å². The van der Waals surface area contributed by atoms with E-state index in [4.69, 9.17) is 0 Å². The van der Waals surface area contributed by atoms with Gasteiger partial charge in [-0.2, -0.15) is 0 Å². The Morgan fingerprint density at radius 2 is 1.82 bits per heavy atom. The second-order valence-corrected chi connectivity index (χ2v) is 5.60. The largest absolute Gasteiger partial charge is 0.481 e. The minimum absolute atomic E-state index is 0.230. The fourth-order valence-corrected chi connectivity index (χ4v) is 3.84. The first kappa shape index (κ1) is 10.8. The Labute approximate surface area is 102 Å². The van der Waals surface area contributed by atoms with Crippen LogP contribution in [0.1, 0.15) is 43.6 Å². The first-order valence-corrected chi connectivity index (χ1v) is 6.51. The maximum Gasteiger partial charge on any atom is 0.310 e. The van der Waals surface area contributed by atoms with Crippen molar-refractivity contribution in [1.29, 1.82) is 0 Å². The predicted octanol–water partition coefficient (Wildman–Crippen LogP) is 3.44. The molecule has 0 spiro atoms. The summed E-state index contributed by atoms with van der Waals surface area (Å²) in [7, 11) is 0. The SMILES string of the molecule is O=C(O)C12CCC(CC1)CC2c1ccccc1. The van der Waals surface area contributed by atoms with Crippen molar-refractivity contribution in [1.82, 2.24) is 0 Å². The molecule has 90 valence electrons. The molecule has 2 bridgehead atoms. The van der Waals surface area contributed by atoms with Crippen LogP contribution in [0.4, 0.5) is 0 Å². The lowest BCUT2D eigenvalue weighted by molar-refractivity contribution is -0.157. The van der Waals surface area contributed by atoms with Gasteiger partial charge in [0.05, 0.1) is 5.41 Å². The van der Waals surface area contributed by atoms with E-state index in [1.54, 1.807) is 0 Å². The van der Waals surface area contributed by atoms with E-state index in [9.17, 15) is 9.90 Å². The van der Waals surface area contributed by atoms with Crippen LogP contribution in [-0.2, 0) is 4.79 Å². The van der Waals surface area contributed by atoms with E-state index in [2.05, 4.69) is 12.1 Å². The Morgan fingerprint density at radius 3 is 2.41 bits per heavy atom. The van der Waals surface area contributed by atoms with Crippen molar-refractivity contribution in [3.63, 3.8) is 0 Å². The van der Waals surface area contributed by atoms with E-state index >= 15 is 0 Å². The summed E-state index contributed by atoms with van der Waals surface area (Å²) in [4.78, 5) is 11.7. The smallest absolute Gasteiger partial charge is 0.310 e. The number of carboxylic acid groups (broad SMARTS) is 1. The highest BCUT2D eigenvalue weighted by molar-refractivity contribution is 5.76. The zero-order valence-electron chi connectivity index (χ0n) is 9.93. The number of aliphatic carboxylic acids is 1. The molecule has 0 radical (unpaired) electrons. The van der Waals surface area contributed by atoms with Gasteiger partial charge in [0, 0.05) is 5.92 Å². The first-order valence-electron chi connectivity index (χ1n) is 6.51. The van der Waals surface area contributed by atoms with Gasteiger partial charge in [0.1, 0.15) is 0 Å². The Balaban J connectivity index is 2.01. The van der Waals surface area contributed by atoms with Gasteiger partial charge < -0.3 is 5.11 Å². The summed E-state index contributed by atoms with van der Waals surface area (Å²) in [6, 6.07) is 10.2. The van der Waals surface area contributed by atoms with Gasteiger partial charge in [-0.1, -0.05) is 30.3 Å². The van der Waals surface area contributed by atoms with Crippen molar-refractivity contribution in [3.05, 3.63) is 35.9 Å². The normalized spacial score (nSPS) is 35.8. The predicted molar refractivity (Wildman–Crippen MR) is 65.8 cm³/mol. The number of benzene rings is 1. The van der Waals surface area contributed by atoms with E-state index in [0.29, 0.717) is 0 Å². The van der Waals surface area contributed by atoms with Crippen LogP contribution < -0.4 is 0 Å². The lowest BCUT2D eigenvalue weighted by Crippen LogP contribution is -2.46. The Kier molecular flexibility index (Phi) is 2.46. The van der Waals surface area contributed by atoms with Crippen molar-refractivity contribution >= 4 is 5.97 Å². The molecule has 17 heavy (non-hydrogen) atoms. The molecule has 2 nitrogen and oxygen atoms in total. The summed E-state index contributed by atoms with van der Waals surface area (Å²) >= 11 is 0. The maximum absolute atomic E-state index is 11.7. The lowest BCUT2D eigenvalue weighted by atomic mass is 9.53. The minimum Gasteiger partial charge on any atom is -0.481 e. The van der Waals surface area contributed by atoms with Crippen LogP contribution in [0.3, 0.4) is 0 Å². The molecule has 3 aliphatic carbocycles. The van der Waals surface area contributed by atoms with Crippen molar-refractivity contribution in [2.24, 2.45) is 11.3 Å². The van der Waals surface area contributed by atoms with Gasteiger partial charge in [-0.15, -0.1) is 0 Å². The monoisotopic (exact) mass is 230 g/mol. The van der Waals surface area contributed by atoms with Crippen LogP contribution in [0.25, 0.3) is 0 Å². The van der Waals surface area contributed by atoms with E-state index < -0.39 is 11.4 Å². The third kappa shape index (κ3) is 1.58. The van der Waals surface area contributed by atoms with Crippen molar-refractivity contribution in [2.45, 2.75) is 38.0 Å².